The molecule has 1 fully saturated rings. The molecule has 2 aromatic heterocycles. The van der Waals surface area contributed by atoms with Crippen LogP contribution in [-0.2, 0) is 9.59 Å². The Labute approximate surface area is 209 Å². The smallest absolute Gasteiger partial charge is 0.225 e. The maximum atomic E-state index is 12.7. The van der Waals surface area contributed by atoms with E-state index in [1.54, 1.807) is 14.1 Å². The van der Waals surface area contributed by atoms with Crippen molar-refractivity contribution in [3.05, 3.63) is 0 Å². The fourth-order valence-corrected chi connectivity index (χ4v) is 4.65. The fourth-order valence-electron chi connectivity index (χ4n) is 3.96. The summed E-state index contributed by atoms with van der Waals surface area (Å²) in [4.78, 5) is 35.2. The van der Waals surface area contributed by atoms with Gasteiger partial charge in [0.15, 0.2) is 22.1 Å². The quantitative estimate of drug-likeness (QED) is 0.184. The van der Waals surface area contributed by atoms with E-state index in [-0.39, 0.29) is 25.3 Å². The van der Waals surface area contributed by atoms with E-state index in [4.69, 9.17) is 0 Å². The van der Waals surface area contributed by atoms with E-state index in [9.17, 15) is 19.8 Å². The molecule has 4 atom stereocenters. The summed E-state index contributed by atoms with van der Waals surface area (Å²) >= 11 is 1.53. The largest absolute Gasteiger partial charge is 0.390 e. The first-order valence-electron chi connectivity index (χ1n) is 12.1. The number of hydrogen-bond donors (Lipinski definition) is 4. The van der Waals surface area contributed by atoms with Crippen LogP contribution in [0, 0.1) is 5.92 Å². The summed E-state index contributed by atoms with van der Waals surface area (Å²) in [5.41, 5.74) is 0.935. The number of amides is 2. The van der Waals surface area contributed by atoms with Crippen LogP contribution in [-0.4, -0.2) is 97.0 Å². The first-order chi connectivity index (χ1) is 16.8. The van der Waals surface area contributed by atoms with Crippen LogP contribution in [0.3, 0.4) is 0 Å². The summed E-state index contributed by atoms with van der Waals surface area (Å²) in [7, 11) is 3.30. The van der Waals surface area contributed by atoms with Crippen molar-refractivity contribution >= 4 is 40.6 Å². The number of carbonyl (C=O) groups is 2. The van der Waals surface area contributed by atoms with Gasteiger partial charge in [0.2, 0.25) is 11.8 Å². The van der Waals surface area contributed by atoms with Crippen LogP contribution in [0.15, 0.2) is 5.16 Å². The molecule has 0 radical (unpaired) electrons. The number of nitrogens with one attached hydrogen (secondary N) is 2. The molecule has 1 saturated carbocycles. The van der Waals surface area contributed by atoms with Crippen LogP contribution in [0.2, 0.25) is 0 Å². The van der Waals surface area contributed by atoms with Gasteiger partial charge >= 0.3 is 0 Å². The number of rotatable bonds is 12. The number of unbranched alkanes of at least 4 members (excludes halogenated alkanes) is 1. The highest BCUT2D eigenvalue weighted by Gasteiger charge is 2.47. The number of thioether (sulfide) groups is 1. The standard InChI is InChI=1S/C22H36N8O4S/c1-5-7-9-23-19-16-20(26-22(25-19)35-11-6-2)30(28-27-16)14-12-13(17(32)18(14)33)21(34)24-10-8-15(31)29(3)4/h13-14,17-18,32-33H,5-12H2,1-4H3,(H,24,34)(H,23,25,26)/t13-,14?,17?,18?/m0/s1. The lowest BCUT2D eigenvalue weighted by Crippen LogP contribution is -2.39. The number of nitrogens with zero attached hydrogens (tertiary/aromatic N) is 6. The van der Waals surface area contributed by atoms with Gasteiger partial charge < -0.3 is 25.7 Å². The Balaban J connectivity index is 1.81. The maximum absolute atomic E-state index is 12.7. The van der Waals surface area contributed by atoms with Crippen molar-refractivity contribution in [3.63, 3.8) is 0 Å². The zero-order chi connectivity index (χ0) is 25.5. The lowest BCUT2D eigenvalue weighted by Gasteiger charge is -2.17. The van der Waals surface area contributed by atoms with Crippen molar-refractivity contribution in [2.45, 2.75) is 69.4 Å². The van der Waals surface area contributed by atoms with Crippen LogP contribution >= 0.6 is 11.8 Å². The zero-order valence-corrected chi connectivity index (χ0v) is 21.6. The Bertz CT molecular complexity index is 1020. The third-order valence-electron chi connectivity index (χ3n) is 6.00. The molecule has 2 aromatic rings. The second-order valence-corrected chi connectivity index (χ2v) is 9.97. The van der Waals surface area contributed by atoms with Gasteiger partial charge in [-0.1, -0.05) is 37.2 Å². The average Bonchev–Trinajstić information content (AvgIpc) is 3.38. The highest BCUT2D eigenvalue weighted by atomic mass is 32.2. The van der Waals surface area contributed by atoms with Gasteiger partial charge in [-0.25, -0.2) is 14.6 Å². The highest BCUT2D eigenvalue weighted by molar-refractivity contribution is 7.99. The fraction of sp³-hybridized carbons (Fsp3) is 0.727. The molecular weight excluding hydrogens is 472 g/mol. The van der Waals surface area contributed by atoms with Gasteiger partial charge in [-0.3, -0.25) is 9.59 Å². The van der Waals surface area contributed by atoms with E-state index in [1.165, 1.54) is 21.3 Å². The second-order valence-electron chi connectivity index (χ2n) is 8.91. The number of carbonyl (C=O) groups excluding carboxylic acids is 2. The third kappa shape index (κ3) is 6.39. The zero-order valence-electron chi connectivity index (χ0n) is 20.8. The topological polar surface area (TPSA) is 158 Å². The van der Waals surface area contributed by atoms with E-state index >= 15 is 0 Å². The number of aromatic nitrogens is 5. The second kappa shape index (κ2) is 12.5. The average molecular weight is 509 g/mol. The molecule has 0 saturated heterocycles. The summed E-state index contributed by atoms with van der Waals surface area (Å²) in [5, 5.41) is 36.5. The number of hydrogen-bond acceptors (Lipinski definition) is 10. The first kappa shape index (κ1) is 27.1. The summed E-state index contributed by atoms with van der Waals surface area (Å²) in [6.07, 6.45) is 0.788. The molecule has 2 amide bonds. The Morgan fingerprint density at radius 2 is 1.91 bits per heavy atom. The number of aliphatic hydroxyl groups excluding tert-OH is 2. The van der Waals surface area contributed by atoms with Gasteiger partial charge in [0.25, 0.3) is 0 Å². The number of fused-ring (bicyclic) bond motifs is 1. The molecule has 0 spiro atoms. The predicted octanol–water partition coefficient (Wildman–Crippen LogP) is 0.813. The van der Waals surface area contributed by atoms with Crippen LogP contribution in [0.4, 0.5) is 5.82 Å². The van der Waals surface area contributed by atoms with Gasteiger partial charge in [-0.2, -0.15) is 0 Å². The van der Waals surface area contributed by atoms with E-state index < -0.39 is 30.1 Å². The van der Waals surface area contributed by atoms with Crippen molar-refractivity contribution in [2.75, 3.05) is 38.3 Å². The minimum atomic E-state index is -1.28. The first-order valence-corrected chi connectivity index (χ1v) is 13.1. The lowest BCUT2D eigenvalue weighted by atomic mass is 10.0. The van der Waals surface area contributed by atoms with Crippen LogP contribution in [0.1, 0.15) is 52.0 Å². The molecule has 3 unspecified atom stereocenters. The Morgan fingerprint density at radius 3 is 2.60 bits per heavy atom. The molecule has 194 valence electrons. The van der Waals surface area contributed by atoms with Crippen molar-refractivity contribution in [1.82, 2.24) is 35.2 Å². The van der Waals surface area contributed by atoms with Crippen LogP contribution in [0.25, 0.3) is 11.2 Å². The summed E-state index contributed by atoms with van der Waals surface area (Å²) in [5.74, 6) is 0.0720. The molecular formula is C22H36N8O4S. The Kier molecular flexibility index (Phi) is 9.63. The van der Waals surface area contributed by atoms with Gasteiger partial charge in [-0.05, 0) is 19.3 Å². The van der Waals surface area contributed by atoms with Crippen molar-refractivity contribution in [1.29, 1.82) is 0 Å². The van der Waals surface area contributed by atoms with E-state index in [1.807, 2.05) is 0 Å². The SMILES string of the molecule is CCCCNc1nc(SCCC)nc2c1nnn2C1C[C@H](C(=O)NCCC(=O)N(C)C)C(O)C1O. The molecule has 1 aliphatic carbocycles. The summed E-state index contributed by atoms with van der Waals surface area (Å²) in [6.45, 7) is 5.08. The summed E-state index contributed by atoms with van der Waals surface area (Å²) in [6, 6.07) is -0.684. The van der Waals surface area contributed by atoms with E-state index in [0.29, 0.717) is 22.1 Å². The van der Waals surface area contributed by atoms with Gasteiger partial charge in [0, 0.05) is 39.4 Å². The molecule has 35 heavy (non-hydrogen) atoms. The van der Waals surface area contributed by atoms with Gasteiger partial charge in [-0.15, -0.1) is 5.10 Å². The van der Waals surface area contributed by atoms with E-state index in [2.05, 4.69) is 44.8 Å². The molecule has 0 aromatic carbocycles. The molecule has 0 bridgehead atoms. The molecule has 1 aliphatic rings. The maximum Gasteiger partial charge on any atom is 0.225 e. The molecule has 4 N–H and O–H groups in total. The van der Waals surface area contributed by atoms with Crippen molar-refractivity contribution < 1.29 is 19.8 Å². The van der Waals surface area contributed by atoms with Gasteiger partial charge in [0.1, 0.15) is 6.10 Å². The van der Waals surface area contributed by atoms with Gasteiger partial charge in [0.05, 0.1) is 18.1 Å². The lowest BCUT2D eigenvalue weighted by molar-refractivity contribution is -0.130. The number of anilines is 1. The minimum absolute atomic E-state index is 0.107. The van der Waals surface area contributed by atoms with Crippen molar-refractivity contribution in [2.24, 2.45) is 5.92 Å². The minimum Gasteiger partial charge on any atom is -0.390 e. The van der Waals surface area contributed by atoms with Crippen LogP contribution in [0.5, 0.6) is 0 Å². The molecule has 12 nitrogen and oxygen atoms in total. The number of aliphatic hydroxyl groups is 2. The van der Waals surface area contributed by atoms with Crippen LogP contribution < -0.4 is 10.6 Å². The van der Waals surface area contributed by atoms with E-state index in [0.717, 1.165) is 31.6 Å². The Morgan fingerprint density at radius 1 is 1.14 bits per heavy atom. The Hall–Kier alpha value is -2.51. The molecule has 2 heterocycles. The molecule has 0 aliphatic heterocycles. The molecule has 13 heteroatoms. The van der Waals surface area contributed by atoms with Crippen molar-refractivity contribution in [3.8, 4) is 0 Å². The highest BCUT2D eigenvalue weighted by Crippen LogP contribution is 2.37. The monoisotopic (exact) mass is 508 g/mol. The normalized spacial score (nSPS) is 21.9. The molecule has 3 rings (SSSR count). The predicted molar refractivity (Wildman–Crippen MR) is 133 cm³/mol. The summed E-state index contributed by atoms with van der Waals surface area (Å²) < 4.78 is 1.49. The third-order valence-corrected chi connectivity index (χ3v) is 7.05.